The van der Waals surface area contributed by atoms with Crippen LogP contribution in [0.15, 0.2) is 17.3 Å². The lowest BCUT2D eigenvalue weighted by Crippen LogP contribution is -2.28. The summed E-state index contributed by atoms with van der Waals surface area (Å²) < 4.78 is 24.9. The highest BCUT2D eigenvalue weighted by Gasteiger charge is 2.21. The van der Waals surface area contributed by atoms with Crippen molar-refractivity contribution in [3.05, 3.63) is 12.4 Å². The van der Waals surface area contributed by atoms with Gasteiger partial charge in [0.15, 0.2) is 0 Å². The van der Waals surface area contributed by atoms with Gasteiger partial charge in [-0.25, -0.2) is 8.42 Å². The second-order valence-corrected chi connectivity index (χ2v) is 5.61. The van der Waals surface area contributed by atoms with Gasteiger partial charge in [0, 0.05) is 13.2 Å². The summed E-state index contributed by atoms with van der Waals surface area (Å²) in [6.45, 7) is 0. The first-order chi connectivity index (χ1) is 7.58. The first kappa shape index (κ1) is 11.6. The smallest absolute Gasteiger partial charge is 0.265 e. The fraction of sp³-hybridized carbons (Fsp3) is 0.667. The monoisotopic (exact) mass is 245 g/mol. The van der Waals surface area contributed by atoms with Crippen molar-refractivity contribution in [2.24, 2.45) is 7.05 Å². The van der Waals surface area contributed by atoms with Crippen LogP contribution in [-0.2, 0) is 21.9 Å². The van der Waals surface area contributed by atoms with E-state index in [1.165, 1.54) is 17.1 Å². The molecule has 1 saturated carbocycles. The second kappa shape index (κ2) is 4.52. The largest absolute Gasteiger partial charge is 0.284 e. The normalized spacial score (nSPS) is 18.1. The first-order valence-corrected chi connectivity index (χ1v) is 6.72. The molecule has 2 rings (SSSR count). The lowest BCUT2D eigenvalue weighted by molar-refractivity contribution is 0.0223. The van der Waals surface area contributed by atoms with Gasteiger partial charge in [0.25, 0.3) is 10.0 Å². The highest BCUT2D eigenvalue weighted by Crippen LogP contribution is 2.20. The van der Waals surface area contributed by atoms with Crippen LogP contribution in [0.2, 0.25) is 0 Å². The molecule has 0 aliphatic heterocycles. The van der Waals surface area contributed by atoms with E-state index in [2.05, 4.69) is 9.98 Å². The number of hydrogen-bond donors (Lipinski definition) is 1. The van der Waals surface area contributed by atoms with E-state index in [-0.39, 0.29) is 11.0 Å². The van der Waals surface area contributed by atoms with Gasteiger partial charge in [0.2, 0.25) is 0 Å². The minimum Gasteiger partial charge on any atom is -0.284 e. The lowest BCUT2D eigenvalue weighted by Gasteiger charge is -2.10. The van der Waals surface area contributed by atoms with Crippen LogP contribution >= 0.6 is 0 Å². The van der Waals surface area contributed by atoms with Gasteiger partial charge in [-0.15, -0.1) is 0 Å². The Balaban J connectivity index is 1.97. The van der Waals surface area contributed by atoms with Crippen molar-refractivity contribution in [3.8, 4) is 0 Å². The number of nitrogens with one attached hydrogen (secondary N) is 1. The predicted octanol–water partition coefficient (Wildman–Crippen LogP) is 0.573. The van der Waals surface area contributed by atoms with E-state index in [0.717, 1.165) is 25.7 Å². The third-order valence-corrected chi connectivity index (χ3v) is 3.77. The summed E-state index contributed by atoms with van der Waals surface area (Å²) >= 11 is 0. The molecule has 1 fully saturated rings. The van der Waals surface area contributed by atoms with E-state index in [1.54, 1.807) is 7.05 Å². The van der Waals surface area contributed by atoms with E-state index < -0.39 is 10.0 Å². The molecule has 0 saturated heterocycles. The summed E-state index contributed by atoms with van der Waals surface area (Å²) in [5.74, 6) is 0. The van der Waals surface area contributed by atoms with Crippen LogP contribution in [-0.4, -0.2) is 24.3 Å². The molecule has 1 aliphatic rings. The summed E-state index contributed by atoms with van der Waals surface area (Å²) in [5.41, 5.74) is 0. The van der Waals surface area contributed by atoms with Crippen LogP contribution in [0.3, 0.4) is 0 Å². The maximum absolute atomic E-state index is 11.7. The molecule has 6 nitrogen and oxygen atoms in total. The lowest BCUT2D eigenvalue weighted by atomic mass is 10.3. The van der Waals surface area contributed by atoms with E-state index in [0.29, 0.717) is 0 Å². The molecule has 0 atom stereocenters. The van der Waals surface area contributed by atoms with Crippen molar-refractivity contribution in [1.29, 1.82) is 0 Å². The van der Waals surface area contributed by atoms with Gasteiger partial charge in [0.1, 0.15) is 4.90 Å². The van der Waals surface area contributed by atoms with Crippen LogP contribution in [0, 0.1) is 0 Å². The maximum Gasteiger partial charge on any atom is 0.265 e. The third kappa shape index (κ3) is 2.60. The topological polar surface area (TPSA) is 73.2 Å². The summed E-state index contributed by atoms with van der Waals surface area (Å²) in [7, 11) is -1.92. The molecule has 1 aromatic rings. The van der Waals surface area contributed by atoms with Gasteiger partial charge in [-0.3, -0.25) is 9.52 Å². The average Bonchev–Trinajstić information content (AvgIpc) is 2.85. The Morgan fingerprint density at radius 2 is 2.19 bits per heavy atom. The summed E-state index contributed by atoms with van der Waals surface area (Å²) in [5, 5.41) is 3.80. The molecular weight excluding hydrogens is 230 g/mol. The van der Waals surface area contributed by atoms with Crippen LogP contribution in [0.25, 0.3) is 0 Å². The molecule has 0 unspecified atom stereocenters. The molecule has 0 amide bonds. The van der Waals surface area contributed by atoms with Crippen molar-refractivity contribution in [2.45, 2.75) is 36.7 Å². The second-order valence-electron chi connectivity index (χ2n) is 3.96. The fourth-order valence-electron chi connectivity index (χ4n) is 1.72. The first-order valence-electron chi connectivity index (χ1n) is 5.24. The summed E-state index contributed by atoms with van der Waals surface area (Å²) in [4.78, 5) is 7.42. The molecule has 0 bridgehead atoms. The molecule has 1 heterocycles. The molecular formula is C9H15N3O3S. The minimum absolute atomic E-state index is 0.00597. The molecule has 90 valence electrons. The quantitative estimate of drug-likeness (QED) is 0.787. The Labute approximate surface area is 94.6 Å². The van der Waals surface area contributed by atoms with Crippen LogP contribution in [0.5, 0.6) is 0 Å². The molecule has 0 spiro atoms. The van der Waals surface area contributed by atoms with Crippen LogP contribution in [0.4, 0.5) is 0 Å². The number of aromatic nitrogens is 2. The molecule has 1 aromatic heterocycles. The fourth-order valence-corrected chi connectivity index (χ4v) is 2.56. The van der Waals surface area contributed by atoms with Crippen molar-refractivity contribution in [2.75, 3.05) is 0 Å². The Hall–Kier alpha value is -0.920. The van der Waals surface area contributed by atoms with E-state index in [1.807, 2.05) is 0 Å². The Morgan fingerprint density at radius 1 is 1.50 bits per heavy atom. The van der Waals surface area contributed by atoms with Crippen molar-refractivity contribution in [1.82, 2.24) is 14.7 Å². The van der Waals surface area contributed by atoms with Gasteiger partial charge in [0.05, 0.1) is 12.3 Å². The van der Waals surface area contributed by atoms with E-state index in [9.17, 15) is 8.42 Å². The Kier molecular flexibility index (Phi) is 3.27. The molecule has 1 aliphatic carbocycles. The molecule has 1 N–H and O–H groups in total. The zero-order valence-electron chi connectivity index (χ0n) is 9.09. The number of hydrogen-bond acceptors (Lipinski definition) is 4. The Bertz CT molecular complexity index is 448. The zero-order valence-corrected chi connectivity index (χ0v) is 9.90. The number of nitrogens with zero attached hydrogens (tertiary/aromatic N) is 2. The van der Waals surface area contributed by atoms with E-state index >= 15 is 0 Å². The van der Waals surface area contributed by atoms with Crippen molar-refractivity contribution < 1.29 is 13.3 Å². The zero-order chi connectivity index (χ0) is 11.6. The van der Waals surface area contributed by atoms with Crippen LogP contribution in [0.1, 0.15) is 25.7 Å². The van der Waals surface area contributed by atoms with Crippen molar-refractivity contribution >= 4 is 10.0 Å². The standard InChI is InChI=1S/C9H15N3O3S/c1-12-7-9(6-10-12)16(13,14)11-15-8-4-2-3-5-8/h6-8,11H,2-5H2,1H3. The highest BCUT2D eigenvalue weighted by molar-refractivity contribution is 7.89. The summed E-state index contributed by atoms with van der Waals surface area (Å²) in [6.07, 6.45) is 6.75. The predicted molar refractivity (Wildman–Crippen MR) is 56.9 cm³/mol. The third-order valence-electron chi connectivity index (χ3n) is 2.62. The highest BCUT2D eigenvalue weighted by atomic mass is 32.2. The number of rotatable bonds is 4. The van der Waals surface area contributed by atoms with Crippen molar-refractivity contribution in [3.63, 3.8) is 0 Å². The molecule has 16 heavy (non-hydrogen) atoms. The summed E-state index contributed by atoms with van der Waals surface area (Å²) in [6, 6.07) is 0. The average molecular weight is 245 g/mol. The molecule has 0 radical (unpaired) electrons. The van der Waals surface area contributed by atoms with Gasteiger partial charge in [-0.1, -0.05) is 17.7 Å². The van der Waals surface area contributed by atoms with Crippen LogP contribution < -0.4 is 4.89 Å². The number of aryl methyl sites for hydroxylation is 1. The van der Waals surface area contributed by atoms with Gasteiger partial charge in [-0.05, 0) is 12.8 Å². The van der Waals surface area contributed by atoms with Gasteiger partial charge < -0.3 is 0 Å². The Morgan fingerprint density at radius 3 is 2.75 bits per heavy atom. The SMILES string of the molecule is Cn1cc(S(=O)(=O)NOC2CCCC2)cn1. The minimum atomic E-state index is -3.58. The maximum atomic E-state index is 11.7. The molecule has 7 heteroatoms. The molecule has 0 aromatic carbocycles. The number of sulfonamides is 1. The van der Waals surface area contributed by atoms with Gasteiger partial charge >= 0.3 is 0 Å². The van der Waals surface area contributed by atoms with Gasteiger partial charge in [-0.2, -0.15) is 5.10 Å². The van der Waals surface area contributed by atoms with E-state index in [4.69, 9.17) is 4.84 Å².